The highest BCUT2D eigenvalue weighted by atomic mass is 16.5. The Balaban J connectivity index is 2.01. The van der Waals surface area contributed by atoms with Crippen LogP contribution in [0, 0.1) is 0 Å². The number of carbonyl (C=O) groups excluding carboxylic acids is 1. The zero-order valence-corrected chi connectivity index (χ0v) is 14.9. The first-order valence-corrected chi connectivity index (χ1v) is 8.20. The van der Waals surface area contributed by atoms with E-state index in [0.29, 0.717) is 18.2 Å². The van der Waals surface area contributed by atoms with E-state index in [2.05, 4.69) is 43.2 Å². The number of rotatable bonds is 7. The standard InChI is InChI=1S/C20H26N2O2/c1-15(2)22(3)14-18-8-6-5-7-17(18)13-21-20(23)16-9-11-19(24-4)12-10-16/h5-12,15H,13-14H2,1-4H3,(H,21,23). The average Bonchev–Trinajstić information content (AvgIpc) is 2.60. The van der Waals surface area contributed by atoms with E-state index in [1.165, 1.54) is 5.56 Å². The maximum atomic E-state index is 12.3. The lowest BCUT2D eigenvalue weighted by atomic mass is 10.1. The average molecular weight is 326 g/mol. The lowest BCUT2D eigenvalue weighted by molar-refractivity contribution is 0.0950. The van der Waals surface area contributed by atoms with Crippen LogP contribution in [-0.4, -0.2) is 31.0 Å². The number of nitrogens with one attached hydrogen (secondary N) is 1. The SMILES string of the molecule is COc1ccc(C(=O)NCc2ccccc2CN(C)C(C)C)cc1. The van der Waals surface area contributed by atoms with Crippen LogP contribution < -0.4 is 10.1 Å². The first-order chi connectivity index (χ1) is 11.5. The summed E-state index contributed by atoms with van der Waals surface area (Å²) in [4.78, 5) is 14.6. The van der Waals surface area contributed by atoms with Gasteiger partial charge in [-0.15, -0.1) is 0 Å². The molecule has 2 aromatic carbocycles. The Morgan fingerprint density at radius 1 is 1.08 bits per heavy atom. The van der Waals surface area contributed by atoms with Crippen molar-refractivity contribution in [1.29, 1.82) is 0 Å². The molecule has 0 saturated heterocycles. The van der Waals surface area contributed by atoms with Gasteiger partial charge in [0.1, 0.15) is 5.75 Å². The number of hydrogen-bond donors (Lipinski definition) is 1. The minimum Gasteiger partial charge on any atom is -0.497 e. The van der Waals surface area contributed by atoms with E-state index in [4.69, 9.17) is 4.74 Å². The van der Waals surface area contributed by atoms with E-state index in [9.17, 15) is 4.79 Å². The lowest BCUT2D eigenvalue weighted by Crippen LogP contribution is -2.27. The van der Waals surface area contributed by atoms with Crippen molar-refractivity contribution in [2.75, 3.05) is 14.2 Å². The van der Waals surface area contributed by atoms with Crippen molar-refractivity contribution in [3.8, 4) is 5.75 Å². The highest BCUT2D eigenvalue weighted by Gasteiger charge is 2.10. The smallest absolute Gasteiger partial charge is 0.251 e. The zero-order valence-electron chi connectivity index (χ0n) is 14.9. The molecule has 0 unspecified atom stereocenters. The number of ether oxygens (including phenoxy) is 1. The molecule has 0 aliphatic rings. The number of amides is 1. The van der Waals surface area contributed by atoms with Crippen molar-refractivity contribution >= 4 is 5.91 Å². The Morgan fingerprint density at radius 2 is 1.71 bits per heavy atom. The van der Waals surface area contributed by atoms with Gasteiger partial charge in [0, 0.05) is 24.7 Å². The molecule has 0 aliphatic heterocycles. The lowest BCUT2D eigenvalue weighted by Gasteiger charge is -2.22. The summed E-state index contributed by atoms with van der Waals surface area (Å²) in [6.07, 6.45) is 0. The Kier molecular flexibility index (Phi) is 6.38. The van der Waals surface area contributed by atoms with Crippen molar-refractivity contribution in [3.05, 3.63) is 65.2 Å². The second-order valence-corrected chi connectivity index (χ2v) is 6.19. The van der Waals surface area contributed by atoms with Crippen molar-refractivity contribution in [2.45, 2.75) is 33.0 Å². The highest BCUT2D eigenvalue weighted by molar-refractivity contribution is 5.94. The van der Waals surface area contributed by atoms with Crippen LogP contribution in [0.1, 0.15) is 35.3 Å². The van der Waals surface area contributed by atoms with E-state index in [0.717, 1.165) is 17.9 Å². The molecular weight excluding hydrogens is 300 g/mol. The quantitative estimate of drug-likeness (QED) is 0.847. The summed E-state index contributed by atoms with van der Waals surface area (Å²) < 4.78 is 5.11. The van der Waals surface area contributed by atoms with Gasteiger partial charge in [0.15, 0.2) is 0 Å². The number of carbonyl (C=O) groups is 1. The number of hydrogen-bond acceptors (Lipinski definition) is 3. The van der Waals surface area contributed by atoms with Crippen molar-refractivity contribution in [1.82, 2.24) is 10.2 Å². The topological polar surface area (TPSA) is 41.6 Å². The van der Waals surface area contributed by atoms with Crippen LogP contribution >= 0.6 is 0 Å². The van der Waals surface area contributed by atoms with Crippen molar-refractivity contribution < 1.29 is 9.53 Å². The third kappa shape index (κ3) is 4.83. The van der Waals surface area contributed by atoms with Gasteiger partial charge in [-0.2, -0.15) is 0 Å². The third-order valence-electron chi connectivity index (χ3n) is 4.21. The summed E-state index contributed by atoms with van der Waals surface area (Å²) >= 11 is 0. The van der Waals surface area contributed by atoms with Gasteiger partial charge in [0.2, 0.25) is 0 Å². The summed E-state index contributed by atoms with van der Waals surface area (Å²) in [6.45, 7) is 5.74. The molecule has 4 heteroatoms. The van der Waals surface area contributed by atoms with Gasteiger partial charge in [-0.05, 0) is 56.3 Å². The van der Waals surface area contributed by atoms with Crippen LogP contribution in [0.4, 0.5) is 0 Å². The first kappa shape index (κ1) is 18.0. The molecule has 128 valence electrons. The van der Waals surface area contributed by atoms with Crippen LogP contribution in [0.2, 0.25) is 0 Å². The molecule has 24 heavy (non-hydrogen) atoms. The maximum Gasteiger partial charge on any atom is 0.251 e. The van der Waals surface area contributed by atoms with Gasteiger partial charge in [0.25, 0.3) is 5.91 Å². The van der Waals surface area contributed by atoms with Crippen LogP contribution in [0.15, 0.2) is 48.5 Å². The van der Waals surface area contributed by atoms with Gasteiger partial charge in [-0.1, -0.05) is 24.3 Å². The molecule has 0 radical (unpaired) electrons. The van der Waals surface area contributed by atoms with E-state index < -0.39 is 0 Å². The minimum atomic E-state index is -0.0790. The predicted octanol–water partition coefficient (Wildman–Crippen LogP) is 3.47. The molecule has 0 aromatic heterocycles. The molecule has 1 N–H and O–H groups in total. The number of methoxy groups -OCH3 is 1. The molecule has 0 atom stereocenters. The normalized spacial score (nSPS) is 10.9. The van der Waals surface area contributed by atoms with Crippen molar-refractivity contribution in [3.63, 3.8) is 0 Å². The molecule has 0 aliphatic carbocycles. The third-order valence-corrected chi connectivity index (χ3v) is 4.21. The van der Waals surface area contributed by atoms with Gasteiger partial charge in [-0.25, -0.2) is 0 Å². The van der Waals surface area contributed by atoms with Crippen LogP contribution in [-0.2, 0) is 13.1 Å². The fourth-order valence-electron chi connectivity index (χ4n) is 2.36. The summed E-state index contributed by atoms with van der Waals surface area (Å²) in [5.41, 5.74) is 3.02. The summed E-state index contributed by atoms with van der Waals surface area (Å²) in [5.74, 6) is 0.665. The molecule has 0 saturated carbocycles. The van der Waals surface area contributed by atoms with Crippen LogP contribution in [0.5, 0.6) is 5.75 Å². The zero-order chi connectivity index (χ0) is 17.5. The number of benzene rings is 2. The molecule has 2 rings (SSSR count). The molecule has 0 bridgehead atoms. The maximum absolute atomic E-state index is 12.3. The van der Waals surface area contributed by atoms with Gasteiger partial charge < -0.3 is 10.1 Å². The second kappa shape index (κ2) is 8.50. The van der Waals surface area contributed by atoms with Crippen LogP contribution in [0.25, 0.3) is 0 Å². The van der Waals surface area contributed by atoms with E-state index in [1.54, 1.807) is 31.4 Å². The Morgan fingerprint density at radius 3 is 2.29 bits per heavy atom. The summed E-state index contributed by atoms with van der Waals surface area (Å²) in [6, 6.07) is 15.8. The van der Waals surface area contributed by atoms with Crippen LogP contribution in [0.3, 0.4) is 0 Å². The van der Waals surface area contributed by atoms with Gasteiger partial charge >= 0.3 is 0 Å². The molecule has 4 nitrogen and oxygen atoms in total. The molecule has 1 amide bonds. The Bertz CT molecular complexity index is 666. The predicted molar refractivity (Wildman–Crippen MR) is 97.2 cm³/mol. The van der Waals surface area contributed by atoms with Gasteiger partial charge in [0.05, 0.1) is 7.11 Å². The molecular formula is C20H26N2O2. The summed E-state index contributed by atoms with van der Waals surface area (Å²) in [7, 11) is 3.72. The molecule has 2 aromatic rings. The monoisotopic (exact) mass is 326 g/mol. The Labute approximate surface area is 144 Å². The van der Waals surface area contributed by atoms with Crippen molar-refractivity contribution in [2.24, 2.45) is 0 Å². The summed E-state index contributed by atoms with van der Waals surface area (Å²) in [5, 5.41) is 3.00. The largest absolute Gasteiger partial charge is 0.497 e. The minimum absolute atomic E-state index is 0.0790. The number of nitrogens with zero attached hydrogens (tertiary/aromatic N) is 1. The van der Waals surface area contributed by atoms with E-state index in [1.807, 2.05) is 12.1 Å². The van der Waals surface area contributed by atoms with Gasteiger partial charge in [-0.3, -0.25) is 9.69 Å². The molecule has 0 fully saturated rings. The van der Waals surface area contributed by atoms with E-state index in [-0.39, 0.29) is 5.91 Å². The molecule has 0 heterocycles. The fourth-order valence-corrected chi connectivity index (χ4v) is 2.36. The Hall–Kier alpha value is -2.33. The highest BCUT2D eigenvalue weighted by Crippen LogP contribution is 2.14. The molecule has 0 spiro atoms. The first-order valence-electron chi connectivity index (χ1n) is 8.20. The fraction of sp³-hybridized carbons (Fsp3) is 0.350. The van der Waals surface area contributed by atoms with E-state index >= 15 is 0 Å². The second-order valence-electron chi connectivity index (χ2n) is 6.19.